The predicted octanol–water partition coefficient (Wildman–Crippen LogP) is 0.597. The van der Waals surface area contributed by atoms with E-state index in [0.717, 1.165) is 18.6 Å². The second-order valence-electron chi connectivity index (χ2n) is 4.74. The molecule has 8 heteroatoms. The van der Waals surface area contributed by atoms with E-state index in [4.69, 9.17) is 5.73 Å². The number of nitrogen functional groups attached to an aromatic ring is 1. The van der Waals surface area contributed by atoms with Gasteiger partial charge < -0.3 is 10.5 Å². The summed E-state index contributed by atoms with van der Waals surface area (Å²) in [7, 11) is -7.22. The quantitative estimate of drug-likeness (QED) is 0.795. The van der Waals surface area contributed by atoms with Crippen molar-refractivity contribution in [3.63, 3.8) is 0 Å². The van der Waals surface area contributed by atoms with Crippen LogP contribution in [0.2, 0.25) is 0 Å². The van der Waals surface area contributed by atoms with Gasteiger partial charge in [-0.15, -0.1) is 0 Å². The lowest BCUT2D eigenvalue weighted by atomic mass is 10.1. The lowest BCUT2D eigenvalue weighted by molar-refractivity contribution is -0.116. The van der Waals surface area contributed by atoms with Gasteiger partial charge in [0.05, 0.1) is 15.5 Å². The Bertz CT molecular complexity index is 748. The van der Waals surface area contributed by atoms with Gasteiger partial charge in [0.2, 0.25) is 0 Å². The highest BCUT2D eigenvalue weighted by atomic mass is 32.2. The van der Waals surface area contributed by atoms with Crippen molar-refractivity contribution in [2.24, 2.45) is 0 Å². The van der Waals surface area contributed by atoms with Crippen molar-refractivity contribution in [3.05, 3.63) is 17.7 Å². The van der Waals surface area contributed by atoms with E-state index < -0.39 is 19.7 Å². The van der Waals surface area contributed by atoms with E-state index in [2.05, 4.69) is 0 Å². The highest BCUT2D eigenvalue weighted by Crippen LogP contribution is 2.28. The Labute approximate surface area is 118 Å². The Morgan fingerprint density at radius 2 is 1.65 bits per heavy atom. The fraction of sp³-hybridized carbons (Fsp3) is 0.417. The molecule has 0 amide bonds. The number of nitrogens with two attached hydrogens (primary N) is 1. The van der Waals surface area contributed by atoms with E-state index >= 15 is 0 Å². The molecule has 0 saturated heterocycles. The summed E-state index contributed by atoms with van der Waals surface area (Å²) in [5.41, 5.74) is 6.13. The molecule has 0 radical (unpaired) electrons. The smallest absolute Gasteiger partial charge is 0.177 e. The average molecular weight is 319 g/mol. The van der Waals surface area contributed by atoms with E-state index in [0.29, 0.717) is 5.56 Å². The Hall–Kier alpha value is -1.41. The van der Waals surface area contributed by atoms with Crippen molar-refractivity contribution in [2.45, 2.75) is 29.6 Å². The van der Waals surface area contributed by atoms with E-state index in [-0.39, 0.29) is 34.1 Å². The minimum atomic E-state index is -3.65. The molecule has 0 aromatic heterocycles. The first kappa shape index (κ1) is 16.6. The third-order valence-electron chi connectivity index (χ3n) is 2.78. The van der Waals surface area contributed by atoms with E-state index in [1.807, 2.05) is 0 Å². The van der Waals surface area contributed by atoms with Crippen LogP contribution in [0.5, 0.6) is 0 Å². The summed E-state index contributed by atoms with van der Waals surface area (Å²) in [6.45, 7) is 1.40. The number of benzene rings is 1. The first-order valence-electron chi connectivity index (χ1n) is 5.75. The van der Waals surface area contributed by atoms with Crippen LogP contribution in [0.4, 0.5) is 5.69 Å². The third-order valence-corrected chi connectivity index (χ3v) is 5.00. The van der Waals surface area contributed by atoms with Gasteiger partial charge in [0.1, 0.15) is 5.78 Å². The normalized spacial score (nSPS) is 12.3. The molecule has 1 rings (SSSR count). The Morgan fingerprint density at radius 3 is 2.05 bits per heavy atom. The Morgan fingerprint density at radius 1 is 1.10 bits per heavy atom. The lowest BCUT2D eigenvalue weighted by Gasteiger charge is -2.12. The van der Waals surface area contributed by atoms with Crippen LogP contribution < -0.4 is 5.73 Å². The Kier molecular flexibility index (Phi) is 4.60. The lowest BCUT2D eigenvalue weighted by Crippen LogP contribution is -2.10. The van der Waals surface area contributed by atoms with E-state index in [1.165, 1.54) is 13.0 Å². The van der Waals surface area contributed by atoms with Crippen LogP contribution in [0.3, 0.4) is 0 Å². The van der Waals surface area contributed by atoms with Crippen molar-refractivity contribution in [3.8, 4) is 0 Å². The van der Waals surface area contributed by atoms with Gasteiger partial charge >= 0.3 is 0 Å². The van der Waals surface area contributed by atoms with Gasteiger partial charge in [-0.25, -0.2) is 16.8 Å². The number of aryl methyl sites for hydroxylation is 1. The maximum atomic E-state index is 11.7. The molecule has 112 valence electrons. The first-order chi connectivity index (χ1) is 8.93. The molecule has 0 spiro atoms. The van der Waals surface area contributed by atoms with Crippen LogP contribution in [0.25, 0.3) is 0 Å². The molecular weight excluding hydrogens is 302 g/mol. The summed E-state index contributed by atoms with van der Waals surface area (Å²) in [6, 6.07) is 2.37. The molecule has 0 aliphatic heterocycles. The molecule has 0 bridgehead atoms. The number of anilines is 1. The number of hydrogen-bond acceptors (Lipinski definition) is 6. The number of carbonyl (C=O) groups excluding carboxylic acids is 1. The first-order valence-corrected chi connectivity index (χ1v) is 9.53. The Balaban J connectivity index is 3.55. The van der Waals surface area contributed by atoms with Gasteiger partial charge in [0.25, 0.3) is 0 Å². The molecule has 1 aromatic rings. The number of rotatable bonds is 5. The van der Waals surface area contributed by atoms with E-state index in [9.17, 15) is 21.6 Å². The number of Topliss-reactive ketones (excluding diaryl/α,β-unsaturated/α-hetero) is 1. The molecule has 0 atom stereocenters. The second-order valence-corrected chi connectivity index (χ2v) is 8.74. The molecule has 20 heavy (non-hydrogen) atoms. The fourth-order valence-electron chi connectivity index (χ4n) is 1.69. The van der Waals surface area contributed by atoms with Crippen molar-refractivity contribution < 1.29 is 21.6 Å². The van der Waals surface area contributed by atoms with Gasteiger partial charge in [0.15, 0.2) is 19.7 Å². The van der Waals surface area contributed by atoms with Crippen LogP contribution in [0.1, 0.15) is 18.9 Å². The third kappa shape index (κ3) is 4.04. The number of carbonyl (C=O) groups is 1. The molecular formula is C12H17NO5S2. The molecule has 0 unspecified atom stereocenters. The van der Waals surface area contributed by atoms with Crippen LogP contribution in [-0.4, -0.2) is 35.1 Å². The van der Waals surface area contributed by atoms with Crippen LogP contribution in [0.15, 0.2) is 21.9 Å². The molecule has 0 fully saturated rings. The number of sulfone groups is 2. The molecule has 0 aliphatic carbocycles. The summed E-state index contributed by atoms with van der Waals surface area (Å²) < 4.78 is 46.6. The zero-order chi connectivity index (χ0) is 15.7. The SMILES string of the molecule is CC(=O)CCc1cc(S(C)(=O)=O)cc(S(C)(=O)=O)c1N. The topological polar surface area (TPSA) is 111 Å². The predicted molar refractivity (Wildman–Crippen MR) is 76.1 cm³/mol. The van der Waals surface area contributed by atoms with Gasteiger partial charge in [-0.05, 0) is 31.0 Å². The van der Waals surface area contributed by atoms with Crippen LogP contribution in [-0.2, 0) is 30.9 Å². The summed E-state index contributed by atoms with van der Waals surface area (Å²) in [4.78, 5) is 10.7. The van der Waals surface area contributed by atoms with Crippen molar-refractivity contribution in [2.75, 3.05) is 18.2 Å². The highest BCUT2D eigenvalue weighted by molar-refractivity contribution is 7.91. The van der Waals surface area contributed by atoms with Crippen molar-refractivity contribution >= 4 is 31.1 Å². The minimum absolute atomic E-state index is 0.00106. The van der Waals surface area contributed by atoms with E-state index in [1.54, 1.807) is 0 Å². The molecule has 0 heterocycles. The molecule has 0 saturated carbocycles. The number of hydrogen-bond donors (Lipinski definition) is 1. The van der Waals surface area contributed by atoms with Crippen molar-refractivity contribution in [1.29, 1.82) is 0 Å². The molecule has 1 aromatic carbocycles. The fourth-order valence-corrected chi connectivity index (χ4v) is 3.33. The zero-order valence-electron chi connectivity index (χ0n) is 11.5. The number of ketones is 1. The van der Waals surface area contributed by atoms with Crippen LogP contribution in [0, 0.1) is 0 Å². The second kappa shape index (κ2) is 5.53. The highest BCUT2D eigenvalue weighted by Gasteiger charge is 2.20. The van der Waals surface area contributed by atoms with Gasteiger partial charge in [0, 0.05) is 18.9 Å². The molecule has 2 N–H and O–H groups in total. The van der Waals surface area contributed by atoms with Gasteiger partial charge in [-0.2, -0.15) is 0 Å². The van der Waals surface area contributed by atoms with Crippen molar-refractivity contribution in [1.82, 2.24) is 0 Å². The average Bonchev–Trinajstić information content (AvgIpc) is 2.24. The maximum absolute atomic E-state index is 11.7. The summed E-state index contributed by atoms with van der Waals surface area (Å²) in [5, 5.41) is 0. The zero-order valence-corrected chi connectivity index (χ0v) is 13.1. The summed E-state index contributed by atoms with van der Waals surface area (Å²) in [6.07, 6.45) is 2.31. The summed E-state index contributed by atoms with van der Waals surface area (Å²) in [5.74, 6) is -0.0879. The largest absolute Gasteiger partial charge is 0.397 e. The van der Waals surface area contributed by atoms with Gasteiger partial charge in [-0.1, -0.05) is 0 Å². The standard InChI is InChI=1S/C12H17NO5S2/c1-8(14)4-5-9-6-10(19(2,15)16)7-11(12(9)13)20(3,17)18/h6-7H,4-5,13H2,1-3H3. The molecule has 0 aliphatic rings. The van der Waals surface area contributed by atoms with Crippen LogP contribution >= 0.6 is 0 Å². The maximum Gasteiger partial charge on any atom is 0.177 e. The monoisotopic (exact) mass is 319 g/mol. The molecule has 6 nitrogen and oxygen atoms in total. The van der Waals surface area contributed by atoms with Gasteiger partial charge in [-0.3, -0.25) is 0 Å². The minimum Gasteiger partial charge on any atom is -0.397 e. The summed E-state index contributed by atoms with van der Waals surface area (Å²) >= 11 is 0.